The third-order valence-electron chi connectivity index (χ3n) is 6.19. The van der Waals surface area contributed by atoms with Crippen LogP contribution in [0.2, 0.25) is 0 Å². The molecule has 0 aliphatic heterocycles. The summed E-state index contributed by atoms with van der Waals surface area (Å²) in [7, 11) is 0. The molecule has 0 atom stereocenters. The smallest absolute Gasteiger partial charge is 0.194 e. The molecule has 142 valence electrons. The molecule has 2 heteroatoms. The van der Waals surface area contributed by atoms with Crippen LogP contribution in [0.15, 0.2) is 36.4 Å². The van der Waals surface area contributed by atoms with Crippen LogP contribution in [0, 0.1) is 0 Å². The van der Waals surface area contributed by atoms with Crippen molar-refractivity contribution >= 4 is 22.3 Å². The van der Waals surface area contributed by atoms with E-state index in [2.05, 4.69) is 27.7 Å². The summed E-state index contributed by atoms with van der Waals surface area (Å²) in [5.41, 5.74) is 7.13. The molecule has 0 N–H and O–H groups in total. The minimum Gasteiger partial charge on any atom is -0.289 e. The van der Waals surface area contributed by atoms with Crippen molar-refractivity contribution in [2.75, 3.05) is 0 Å². The summed E-state index contributed by atoms with van der Waals surface area (Å²) < 4.78 is 0. The van der Waals surface area contributed by atoms with Gasteiger partial charge in [0.15, 0.2) is 11.6 Å². The van der Waals surface area contributed by atoms with Gasteiger partial charge in [0.2, 0.25) is 0 Å². The summed E-state index contributed by atoms with van der Waals surface area (Å²) in [6, 6.07) is 11.7. The molecule has 0 heterocycles. The van der Waals surface area contributed by atoms with E-state index < -0.39 is 0 Å². The molecule has 0 radical (unpaired) electrons. The van der Waals surface area contributed by atoms with Gasteiger partial charge in [-0.15, -0.1) is 0 Å². The fraction of sp³-hybridized carbons (Fsp3) is 0.308. The third-order valence-corrected chi connectivity index (χ3v) is 6.19. The molecule has 4 rings (SSSR count). The molecule has 0 saturated carbocycles. The Morgan fingerprint density at radius 1 is 0.571 bits per heavy atom. The zero-order valence-corrected chi connectivity index (χ0v) is 17.1. The molecule has 0 amide bonds. The van der Waals surface area contributed by atoms with Crippen molar-refractivity contribution in [3.8, 4) is 0 Å². The Morgan fingerprint density at radius 3 is 1.25 bits per heavy atom. The molecule has 0 aromatic heterocycles. The normalized spacial score (nSPS) is 13.0. The first-order chi connectivity index (χ1) is 13.6. The van der Waals surface area contributed by atoms with Crippen LogP contribution in [0.4, 0.5) is 0 Å². The predicted molar refractivity (Wildman–Crippen MR) is 115 cm³/mol. The third kappa shape index (κ3) is 2.47. The minimum absolute atomic E-state index is 0.0132. The van der Waals surface area contributed by atoms with E-state index in [1.165, 1.54) is 11.1 Å². The highest BCUT2D eigenvalue weighted by Crippen LogP contribution is 2.38. The summed E-state index contributed by atoms with van der Waals surface area (Å²) in [6.07, 6.45) is 3.31. The van der Waals surface area contributed by atoms with Crippen molar-refractivity contribution < 1.29 is 9.59 Å². The fourth-order valence-corrected chi connectivity index (χ4v) is 4.99. The average molecular weight is 370 g/mol. The maximum atomic E-state index is 13.7. The molecule has 3 aromatic carbocycles. The van der Waals surface area contributed by atoms with E-state index in [1.807, 2.05) is 36.4 Å². The Kier molecular flexibility index (Phi) is 4.66. The van der Waals surface area contributed by atoms with Gasteiger partial charge in [-0.25, -0.2) is 0 Å². The SMILES string of the molecule is CCc1c(CC)c(CC)c2c(c1CC)C(=O)c1cc3ccccc3cc1C2=O. The van der Waals surface area contributed by atoms with Gasteiger partial charge in [-0.05, 0) is 70.8 Å². The lowest BCUT2D eigenvalue weighted by molar-refractivity contribution is 0.0977. The summed E-state index contributed by atoms with van der Waals surface area (Å²) in [4.78, 5) is 27.3. The van der Waals surface area contributed by atoms with Gasteiger partial charge in [0.05, 0.1) is 0 Å². The molecule has 0 unspecified atom stereocenters. The van der Waals surface area contributed by atoms with Crippen LogP contribution in [0.25, 0.3) is 10.8 Å². The number of benzene rings is 3. The van der Waals surface area contributed by atoms with Gasteiger partial charge >= 0.3 is 0 Å². The first-order valence-corrected chi connectivity index (χ1v) is 10.4. The maximum absolute atomic E-state index is 13.7. The fourth-order valence-electron chi connectivity index (χ4n) is 4.99. The first-order valence-electron chi connectivity index (χ1n) is 10.4. The number of ketones is 2. The number of rotatable bonds is 4. The highest BCUT2D eigenvalue weighted by molar-refractivity contribution is 6.30. The van der Waals surface area contributed by atoms with Crippen molar-refractivity contribution in [3.63, 3.8) is 0 Å². The van der Waals surface area contributed by atoms with Crippen LogP contribution in [-0.2, 0) is 25.7 Å². The van der Waals surface area contributed by atoms with Crippen molar-refractivity contribution in [1.82, 2.24) is 0 Å². The highest BCUT2D eigenvalue weighted by atomic mass is 16.1. The number of carbonyl (C=O) groups excluding carboxylic acids is 2. The summed E-state index contributed by atoms with van der Waals surface area (Å²) in [5, 5.41) is 2.00. The quantitative estimate of drug-likeness (QED) is 0.450. The number of hydrogen-bond acceptors (Lipinski definition) is 2. The average Bonchev–Trinajstić information content (AvgIpc) is 2.74. The van der Waals surface area contributed by atoms with Gasteiger partial charge < -0.3 is 0 Å². The lowest BCUT2D eigenvalue weighted by Gasteiger charge is -2.28. The molecule has 28 heavy (non-hydrogen) atoms. The number of carbonyl (C=O) groups is 2. The Morgan fingerprint density at radius 2 is 0.929 bits per heavy atom. The van der Waals surface area contributed by atoms with Crippen molar-refractivity contribution in [1.29, 1.82) is 0 Å². The first kappa shape index (κ1) is 18.6. The van der Waals surface area contributed by atoms with Gasteiger partial charge in [-0.3, -0.25) is 9.59 Å². The molecule has 1 aliphatic carbocycles. The van der Waals surface area contributed by atoms with Crippen molar-refractivity contribution in [2.24, 2.45) is 0 Å². The Hall–Kier alpha value is -2.74. The van der Waals surface area contributed by atoms with Gasteiger partial charge in [-0.2, -0.15) is 0 Å². The highest BCUT2D eigenvalue weighted by Gasteiger charge is 2.35. The Balaban J connectivity index is 2.12. The van der Waals surface area contributed by atoms with Crippen LogP contribution in [0.3, 0.4) is 0 Å². The monoisotopic (exact) mass is 370 g/mol. The van der Waals surface area contributed by atoms with E-state index in [4.69, 9.17) is 0 Å². The zero-order valence-electron chi connectivity index (χ0n) is 17.1. The number of fused-ring (bicyclic) bond motifs is 3. The van der Waals surface area contributed by atoms with Crippen LogP contribution >= 0.6 is 0 Å². The van der Waals surface area contributed by atoms with Gasteiger partial charge in [0, 0.05) is 22.3 Å². The second-order valence-electron chi connectivity index (χ2n) is 7.48. The largest absolute Gasteiger partial charge is 0.289 e. The zero-order chi connectivity index (χ0) is 20.0. The molecular weight excluding hydrogens is 344 g/mol. The molecule has 0 spiro atoms. The van der Waals surface area contributed by atoms with Crippen molar-refractivity contribution in [3.05, 3.63) is 80.9 Å². The van der Waals surface area contributed by atoms with Crippen LogP contribution in [0.1, 0.15) is 81.8 Å². The molecule has 0 fully saturated rings. The second kappa shape index (κ2) is 7.01. The van der Waals surface area contributed by atoms with Gasteiger partial charge in [0.25, 0.3) is 0 Å². The lowest BCUT2D eigenvalue weighted by atomic mass is 9.74. The lowest BCUT2D eigenvalue weighted by Crippen LogP contribution is -2.26. The molecular formula is C26H26O2. The Labute approximate surface area is 166 Å². The molecule has 3 aromatic rings. The summed E-state index contributed by atoms with van der Waals surface area (Å²) in [6.45, 7) is 8.48. The topological polar surface area (TPSA) is 34.1 Å². The van der Waals surface area contributed by atoms with Crippen LogP contribution < -0.4 is 0 Å². The van der Waals surface area contributed by atoms with Gasteiger partial charge in [-0.1, -0.05) is 52.0 Å². The van der Waals surface area contributed by atoms with E-state index in [9.17, 15) is 9.59 Å². The van der Waals surface area contributed by atoms with Crippen molar-refractivity contribution in [2.45, 2.75) is 53.4 Å². The maximum Gasteiger partial charge on any atom is 0.194 e. The van der Waals surface area contributed by atoms with E-state index in [1.54, 1.807) is 0 Å². The summed E-state index contributed by atoms with van der Waals surface area (Å²) >= 11 is 0. The standard InChI is InChI=1S/C26H26O2/c1-5-17-18(6-2)20(8-4)24-23(19(17)7-3)25(27)21-13-15-11-9-10-12-16(15)14-22(21)26(24)28/h9-14H,5-8H2,1-4H3. The van der Waals surface area contributed by atoms with Crippen LogP contribution in [-0.4, -0.2) is 11.6 Å². The molecule has 0 bridgehead atoms. The van der Waals surface area contributed by atoms with Crippen LogP contribution in [0.5, 0.6) is 0 Å². The molecule has 0 saturated heterocycles. The van der Waals surface area contributed by atoms with E-state index in [0.29, 0.717) is 22.3 Å². The van der Waals surface area contributed by atoms with E-state index in [0.717, 1.165) is 47.6 Å². The predicted octanol–water partition coefficient (Wildman–Crippen LogP) is 5.86. The second-order valence-corrected chi connectivity index (χ2v) is 7.48. The van der Waals surface area contributed by atoms with E-state index in [-0.39, 0.29) is 11.6 Å². The number of hydrogen-bond donors (Lipinski definition) is 0. The minimum atomic E-state index is 0.0132. The summed E-state index contributed by atoms with van der Waals surface area (Å²) in [5.74, 6) is 0.0264. The Bertz CT molecular complexity index is 1050. The van der Waals surface area contributed by atoms with E-state index >= 15 is 0 Å². The van der Waals surface area contributed by atoms with Gasteiger partial charge in [0.1, 0.15) is 0 Å². The molecule has 2 nitrogen and oxygen atoms in total. The molecule has 1 aliphatic rings.